The molecule has 2 rings (SSSR count). The van der Waals surface area contributed by atoms with E-state index in [1.54, 1.807) is 24.3 Å². The van der Waals surface area contributed by atoms with E-state index in [2.05, 4.69) is 5.32 Å². The number of hydrogen-bond acceptors (Lipinski definition) is 6. The Hall–Kier alpha value is -3.62. The van der Waals surface area contributed by atoms with Crippen LogP contribution in [0.5, 0.6) is 0 Å². The van der Waals surface area contributed by atoms with Crippen molar-refractivity contribution in [2.75, 3.05) is 0 Å². The number of esters is 1. The minimum Gasteiger partial charge on any atom is -0.459 e. The molecule has 1 aromatic carbocycles. The smallest absolute Gasteiger partial charge is 0.329 e. The maximum atomic E-state index is 12.5. The highest BCUT2D eigenvalue weighted by atomic mass is 16.5. The second-order valence-corrected chi connectivity index (χ2v) is 5.63. The number of imide groups is 1. The Kier molecular flexibility index (Phi) is 6.70. The SMILES string of the molecule is C[C@@H](OC(=O)[C@H](Cc1ccccc1)NC(=O)c1ccco1)C(=O)NC(N)=O. The van der Waals surface area contributed by atoms with Crippen LogP contribution in [-0.2, 0) is 20.7 Å². The number of rotatable bonds is 7. The summed E-state index contributed by atoms with van der Waals surface area (Å²) in [4.78, 5) is 47.1. The fraction of sp³-hybridized carbons (Fsp3) is 0.222. The first-order valence-electron chi connectivity index (χ1n) is 8.06. The van der Waals surface area contributed by atoms with Crippen LogP contribution >= 0.6 is 0 Å². The van der Waals surface area contributed by atoms with Gasteiger partial charge in [-0.25, -0.2) is 9.59 Å². The molecule has 0 unspecified atom stereocenters. The van der Waals surface area contributed by atoms with Crippen molar-refractivity contribution in [1.82, 2.24) is 10.6 Å². The fourth-order valence-electron chi connectivity index (χ4n) is 2.21. The van der Waals surface area contributed by atoms with Crippen molar-refractivity contribution in [3.8, 4) is 0 Å². The number of carbonyl (C=O) groups excluding carboxylic acids is 4. The Bertz CT molecular complexity index is 804. The normalized spacial score (nSPS) is 12.5. The summed E-state index contributed by atoms with van der Waals surface area (Å²) in [5, 5.41) is 4.34. The molecule has 9 heteroatoms. The van der Waals surface area contributed by atoms with E-state index < -0.39 is 36.0 Å². The third-order valence-corrected chi connectivity index (χ3v) is 3.53. The molecule has 0 fully saturated rings. The van der Waals surface area contributed by atoms with Crippen LogP contribution in [0.25, 0.3) is 0 Å². The molecule has 142 valence electrons. The number of nitrogens with one attached hydrogen (secondary N) is 2. The Morgan fingerprint density at radius 3 is 2.41 bits per heavy atom. The van der Waals surface area contributed by atoms with Gasteiger partial charge in [-0.1, -0.05) is 30.3 Å². The summed E-state index contributed by atoms with van der Waals surface area (Å²) in [6.45, 7) is 1.28. The van der Waals surface area contributed by atoms with Gasteiger partial charge < -0.3 is 20.2 Å². The predicted octanol–water partition coefficient (Wildman–Crippen LogP) is 0.747. The second kappa shape index (κ2) is 9.18. The summed E-state index contributed by atoms with van der Waals surface area (Å²) in [7, 11) is 0. The standard InChI is InChI=1S/C18H19N3O6/c1-11(15(22)21-18(19)25)27-17(24)13(10-12-6-3-2-4-7-12)20-16(23)14-8-5-9-26-14/h2-9,11,13H,10H2,1H3,(H,20,23)(H3,19,21,22,25)/t11-,13+/m1/s1. The molecule has 0 radical (unpaired) electrons. The molecule has 27 heavy (non-hydrogen) atoms. The van der Waals surface area contributed by atoms with E-state index in [-0.39, 0.29) is 12.2 Å². The fourth-order valence-corrected chi connectivity index (χ4v) is 2.21. The molecule has 0 aliphatic rings. The van der Waals surface area contributed by atoms with E-state index >= 15 is 0 Å². The van der Waals surface area contributed by atoms with Crippen LogP contribution in [0.2, 0.25) is 0 Å². The van der Waals surface area contributed by atoms with Gasteiger partial charge in [-0.05, 0) is 24.6 Å². The van der Waals surface area contributed by atoms with Crippen LogP contribution < -0.4 is 16.4 Å². The van der Waals surface area contributed by atoms with E-state index in [0.717, 1.165) is 5.56 Å². The van der Waals surface area contributed by atoms with Crippen molar-refractivity contribution < 1.29 is 28.3 Å². The van der Waals surface area contributed by atoms with Crippen molar-refractivity contribution >= 4 is 23.8 Å². The van der Waals surface area contributed by atoms with Gasteiger partial charge in [0, 0.05) is 6.42 Å². The highest BCUT2D eigenvalue weighted by Gasteiger charge is 2.28. The predicted molar refractivity (Wildman–Crippen MR) is 93.4 cm³/mol. The molecule has 2 aromatic rings. The van der Waals surface area contributed by atoms with Crippen molar-refractivity contribution in [3.05, 3.63) is 60.1 Å². The summed E-state index contributed by atoms with van der Waals surface area (Å²) in [5.41, 5.74) is 5.64. The minimum atomic E-state index is -1.27. The van der Waals surface area contributed by atoms with E-state index in [0.29, 0.717) is 0 Å². The molecule has 4 N–H and O–H groups in total. The van der Waals surface area contributed by atoms with E-state index in [1.165, 1.54) is 25.3 Å². The first-order chi connectivity index (χ1) is 12.9. The van der Waals surface area contributed by atoms with Crippen molar-refractivity contribution in [2.24, 2.45) is 5.73 Å². The molecule has 0 spiro atoms. The lowest BCUT2D eigenvalue weighted by Crippen LogP contribution is -2.47. The van der Waals surface area contributed by atoms with Crippen LogP contribution in [0.3, 0.4) is 0 Å². The maximum Gasteiger partial charge on any atom is 0.329 e. The average Bonchev–Trinajstić information content (AvgIpc) is 3.16. The number of amides is 4. The molecule has 0 bridgehead atoms. The lowest BCUT2D eigenvalue weighted by molar-refractivity contribution is -0.156. The second-order valence-electron chi connectivity index (χ2n) is 5.63. The van der Waals surface area contributed by atoms with Gasteiger partial charge in [0.15, 0.2) is 11.9 Å². The van der Waals surface area contributed by atoms with Crippen LogP contribution in [-0.4, -0.2) is 36.0 Å². The number of nitrogens with two attached hydrogens (primary N) is 1. The van der Waals surface area contributed by atoms with Gasteiger partial charge in [0.05, 0.1) is 6.26 Å². The van der Waals surface area contributed by atoms with E-state index in [9.17, 15) is 19.2 Å². The van der Waals surface area contributed by atoms with Gasteiger partial charge in [0.1, 0.15) is 6.04 Å². The number of carbonyl (C=O) groups is 4. The maximum absolute atomic E-state index is 12.5. The number of ether oxygens (including phenoxy) is 1. The van der Waals surface area contributed by atoms with Gasteiger partial charge in [-0.2, -0.15) is 0 Å². The molecular weight excluding hydrogens is 354 g/mol. The van der Waals surface area contributed by atoms with Gasteiger partial charge in [-0.3, -0.25) is 14.9 Å². The number of hydrogen-bond donors (Lipinski definition) is 3. The molecule has 9 nitrogen and oxygen atoms in total. The number of furan rings is 1. The average molecular weight is 373 g/mol. The molecule has 1 aromatic heterocycles. The van der Waals surface area contributed by atoms with Crippen molar-refractivity contribution in [2.45, 2.75) is 25.5 Å². The molecular formula is C18H19N3O6. The van der Waals surface area contributed by atoms with Crippen molar-refractivity contribution in [1.29, 1.82) is 0 Å². The Morgan fingerprint density at radius 1 is 1.11 bits per heavy atom. The van der Waals surface area contributed by atoms with Gasteiger partial charge >= 0.3 is 12.0 Å². The van der Waals surface area contributed by atoms with E-state index in [1.807, 2.05) is 11.4 Å². The Labute approximate surface area is 154 Å². The number of urea groups is 1. The zero-order chi connectivity index (χ0) is 19.8. The quantitative estimate of drug-likeness (QED) is 0.612. The molecule has 0 aliphatic heterocycles. The monoisotopic (exact) mass is 373 g/mol. The molecule has 0 saturated heterocycles. The first-order valence-corrected chi connectivity index (χ1v) is 8.06. The van der Waals surface area contributed by atoms with E-state index in [4.69, 9.17) is 14.9 Å². The summed E-state index contributed by atoms with van der Waals surface area (Å²) < 4.78 is 10.1. The molecule has 0 aliphatic carbocycles. The van der Waals surface area contributed by atoms with Crippen LogP contribution in [0.15, 0.2) is 53.1 Å². The van der Waals surface area contributed by atoms with Gasteiger partial charge in [-0.15, -0.1) is 0 Å². The summed E-state index contributed by atoms with van der Waals surface area (Å²) in [6.07, 6.45) is 0.190. The largest absolute Gasteiger partial charge is 0.459 e. The lowest BCUT2D eigenvalue weighted by atomic mass is 10.1. The number of benzene rings is 1. The lowest BCUT2D eigenvalue weighted by Gasteiger charge is -2.19. The molecule has 2 atom stereocenters. The van der Waals surface area contributed by atoms with Crippen molar-refractivity contribution in [3.63, 3.8) is 0 Å². The third-order valence-electron chi connectivity index (χ3n) is 3.53. The zero-order valence-electron chi connectivity index (χ0n) is 14.5. The highest BCUT2D eigenvalue weighted by molar-refractivity contribution is 5.97. The third kappa shape index (κ3) is 5.99. The minimum absolute atomic E-state index is 0.0281. The van der Waals surface area contributed by atoms with Gasteiger partial charge in [0.25, 0.3) is 11.8 Å². The number of primary amides is 1. The molecule has 0 saturated carbocycles. The highest BCUT2D eigenvalue weighted by Crippen LogP contribution is 2.08. The van der Waals surface area contributed by atoms with Gasteiger partial charge in [0.2, 0.25) is 0 Å². The van der Waals surface area contributed by atoms with Crippen LogP contribution in [0.1, 0.15) is 23.0 Å². The Balaban J connectivity index is 2.10. The molecule has 1 heterocycles. The summed E-state index contributed by atoms with van der Waals surface area (Å²) in [6, 6.07) is 9.80. The van der Waals surface area contributed by atoms with Crippen LogP contribution in [0.4, 0.5) is 4.79 Å². The summed E-state index contributed by atoms with van der Waals surface area (Å²) in [5.74, 6) is -2.29. The zero-order valence-corrected chi connectivity index (χ0v) is 14.5. The first kappa shape index (κ1) is 19.7. The van der Waals surface area contributed by atoms with Crippen LogP contribution in [0, 0.1) is 0 Å². The Morgan fingerprint density at radius 2 is 1.81 bits per heavy atom. The summed E-state index contributed by atoms with van der Waals surface area (Å²) >= 11 is 0. The topological polar surface area (TPSA) is 141 Å². The molecule has 4 amide bonds.